The highest BCUT2D eigenvalue weighted by Gasteiger charge is 2.34. The first-order chi connectivity index (χ1) is 14.9. The predicted octanol–water partition coefficient (Wildman–Crippen LogP) is 4.20. The smallest absolute Gasteiger partial charge is 0.227 e. The largest absolute Gasteiger partial charge is 0.370 e. The summed E-state index contributed by atoms with van der Waals surface area (Å²) in [5, 5.41) is 3.01. The molecule has 6 heteroatoms. The van der Waals surface area contributed by atoms with E-state index in [0.717, 1.165) is 25.2 Å². The molecule has 0 aromatic heterocycles. The summed E-state index contributed by atoms with van der Waals surface area (Å²) in [5.74, 6) is -0.734. The normalized spacial score (nSPS) is 23.4. The highest BCUT2D eigenvalue weighted by Crippen LogP contribution is 2.34. The summed E-state index contributed by atoms with van der Waals surface area (Å²) < 4.78 is 13.1. The number of rotatable bonds is 6. The number of likely N-dealkylation sites (N-methyl/N-ethyl adjacent to an activating group) is 1. The quantitative estimate of drug-likeness (QED) is 0.708. The second-order valence-electron chi connectivity index (χ2n) is 8.97. The molecule has 1 amide bonds. The molecule has 2 aromatic carbocycles. The summed E-state index contributed by atoms with van der Waals surface area (Å²) in [7, 11) is 4.24. The molecule has 2 aliphatic rings. The van der Waals surface area contributed by atoms with Crippen LogP contribution in [0.25, 0.3) is 0 Å². The molecular formula is C25H30FN3O2. The first-order valence-corrected chi connectivity index (χ1v) is 11.0. The van der Waals surface area contributed by atoms with E-state index in [9.17, 15) is 14.0 Å². The number of anilines is 2. The van der Waals surface area contributed by atoms with Gasteiger partial charge in [0.2, 0.25) is 5.91 Å². The molecule has 4 rings (SSSR count). The van der Waals surface area contributed by atoms with Crippen molar-refractivity contribution >= 4 is 23.1 Å². The Labute approximate surface area is 183 Å². The van der Waals surface area contributed by atoms with E-state index in [4.69, 9.17) is 0 Å². The molecule has 0 spiro atoms. The number of carbonyl (C=O) groups is 2. The third-order valence-corrected chi connectivity index (χ3v) is 6.70. The molecule has 1 heterocycles. The van der Waals surface area contributed by atoms with Crippen LogP contribution in [0.5, 0.6) is 0 Å². The molecule has 3 unspecified atom stereocenters. The van der Waals surface area contributed by atoms with Gasteiger partial charge < -0.3 is 15.1 Å². The molecule has 1 N–H and O–H groups in total. The fourth-order valence-electron chi connectivity index (χ4n) is 4.71. The van der Waals surface area contributed by atoms with Crippen LogP contribution in [0.15, 0.2) is 48.5 Å². The molecule has 1 aliphatic heterocycles. The van der Waals surface area contributed by atoms with Gasteiger partial charge in [0.25, 0.3) is 0 Å². The van der Waals surface area contributed by atoms with Crippen molar-refractivity contribution in [2.45, 2.75) is 31.7 Å². The number of hydrogen-bond donors (Lipinski definition) is 1. The lowest BCUT2D eigenvalue weighted by atomic mass is 9.95. The Bertz CT molecular complexity index is 927. The van der Waals surface area contributed by atoms with Crippen LogP contribution in [-0.2, 0) is 4.79 Å². The van der Waals surface area contributed by atoms with Crippen LogP contribution in [-0.4, -0.2) is 49.8 Å². The van der Waals surface area contributed by atoms with Crippen LogP contribution in [0.3, 0.4) is 0 Å². The number of Topliss-reactive ketones (excluding diaryl/α,β-unsaturated/α-hetero) is 1. The molecular weight excluding hydrogens is 393 g/mol. The van der Waals surface area contributed by atoms with Crippen LogP contribution < -0.4 is 10.2 Å². The summed E-state index contributed by atoms with van der Waals surface area (Å²) in [6, 6.07) is 14.2. The van der Waals surface area contributed by atoms with Crippen LogP contribution in [0.2, 0.25) is 0 Å². The molecule has 31 heavy (non-hydrogen) atoms. The van der Waals surface area contributed by atoms with Gasteiger partial charge in [0.05, 0.1) is 0 Å². The Hall–Kier alpha value is -2.73. The predicted molar refractivity (Wildman–Crippen MR) is 121 cm³/mol. The van der Waals surface area contributed by atoms with Crippen molar-refractivity contribution in [3.05, 3.63) is 59.9 Å². The topological polar surface area (TPSA) is 52.6 Å². The van der Waals surface area contributed by atoms with E-state index in [1.807, 2.05) is 12.1 Å². The van der Waals surface area contributed by atoms with Crippen molar-refractivity contribution in [1.82, 2.24) is 4.90 Å². The number of hydrogen-bond acceptors (Lipinski definition) is 4. The van der Waals surface area contributed by atoms with Gasteiger partial charge in [0, 0.05) is 47.9 Å². The summed E-state index contributed by atoms with van der Waals surface area (Å²) in [5.41, 5.74) is 2.47. The second-order valence-corrected chi connectivity index (χ2v) is 8.97. The monoisotopic (exact) mass is 423 g/mol. The number of amides is 1. The van der Waals surface area contributed by atoms with Crippen LogP contribution >= 0.6 is 0 Å². The van der Waals surface area contributed by atoms with Crippen LogP contribution in [0.4, 0.5) is 15.8 Å². The molecule has 1 aliphatic carbocycles. The highest BCUT2D eigenvalue weighted by atomic mass is 19.1. The Kier molecular flexibility index (Phi) is 6.37. The van der Waals surface area contributed by atoms with E-state index in [1.54, 1.807) is 0 Å². The third kappa shape index (κ3) is 4.96. The van der Waals surface area contributed by atoms with Gasteiger partial charge in [-0.25, -0.2) is 4.39 Å². The van der Waals surface area contributed by atoms with Gasteiger partial charge in [0.1, 0.15) is 5.82 Å². The Morgan fingerprint density at radius 2 is 1.65 bits per heavy atom. The van der Waals surface area contributed by atoms with E-state index >= 15 is 0 Å². The minimum Gasteiger partial charge on any atom is -0.370 e. The minimum atomic E-state index is -0.353. The number of ketones is 1. The van der Waals surface area contributed by atoms with Crippen molar-refractivity contribution < 1.29 is 14.0 Å². The molecule has 0 radical (unpaired) electrons. The molecule has 1 saturated carbocycles. The van der Waals surface area contributed by atoms with Crippen LogP contribution in [0, 0.1) is 17.7 Å². The standard InChI is InChI=1S/C25H30FN3O2/c1-28(2)23-13-14-29(16-23)22-11-9-21(10-12-22)27-25(31)19-4-3-18(15-19)24(30)17-5-7-20(26)8-6-17/h5-12,18-19,23H,3-4,13-16H2,1-2H3,(H,27,31). The molecule has 164 valence electrons. The maximum absolute atomic E-state index is 13.1. The number of nitrogens with one attached hydrogen (secondary N) is 1. The molecule has 2 fully saturated rings. The van der Waals surface area contributed by atoms with E-state index in [-0.39, 0.29) is 29.3 Å². The molecule has 3 atom stereocenters. The lowest BCUT2D eigenvalue weighted by Crippen LogP contribution is -2.31. The third-order valence-electron chi connectivity index (χ3n) is 6.70. The van der Waals surface area contributed by atoms with Crippen molar-refractivity contribution in [2.75, 3.05) is 37.4 Å². The summed E-state index contributed by atoms with van der Waals surface area (Å²) in [4.78, 5) is 30.0. The number of halogens is 1. The zero-order valence-corrected chi connectivity index (χ0v) is 18.2. The van der Waals surface area contributed by atoms with Gasteiger partial charge in [-0.15, -0.1) is 0 Å². The Morgan fingerprint density at radius 3 is 2.29 bits per heavy atom. The van der Waals surface area contributed by atoms with Crippen molar-refractivity contribution in [3.63, 3.8) is 0 Å². The molecule has 1 saturated heterocycles. The Balaban J connectivity index is 1.30. The van der Waals surface area contributed by atoms with E-state index in [0.29, 0.717) is 30.9 Å². The minimum absolute atomic E-state index is 0.00120. The first kappa shape index (κ1) is 21.5. The fraction of sp³-hybridized carbons (Fsp3) is 0.440. The first-order valence-electron chi connectivity index (χ1n) is 11.0. The fourth-order valence-corrected chi connectivity index (χ4v) is 4.71. The zero-order valence-electron chi connectivity index (χ0n) is 18.2. The van der Waals surface area contributed by atoms with E-state index < -0.39 is 0 Å². The summed E-state index contributed by atoms with van der Waals surface area (Å²) in [6.45, 7) is 2.06. The van der Waals surface area contributed by atoms with Gasteiger partial charge in [-0.3, -0.25) is 9.59 Å². The van der Waals surface area contributed by atoms with Gasteiger partial charge in [-0.1, -0.05) is 0 Å². The molecule has 2 aromatic rings. The van der Waals surface area contributed by atoms with Crippen molar-refractivity contribution in [2.24, 2.45) is 11.8 Å². The second kappa shape index (κ2) is 9.18. The number of nitrogens with zero attached hydrogens (tertiary/aromatic N) is 2. The maximum Gasteiger partial charge on any atom is 0.227 e. The zero-order chi connectivity index (χ0) is 22.0. The van der Waals surface area contributed by atoms with Crippen molar-refractivity contribution in [3.8, 4) is 0 Å². The lowest BCUT2D eigenvalue weighted by Gasteiger charge is -2.22. The number of benzene rings is 2. The van der Waals surface area contributed by atoms with Crippen molar-refractivity contribution in [1.29, 1.82) is 0 Å². The number of carbonyl (C=O) groups excluding carboxylic acids is 2. The van der Waals surface area contributed by atoms with Gasteiger partial charge in [-0.05, 0) is 88.3 Å². The lowest BCUT2D eigenvalue weighted by molar-refractivity contribution is -0.119. The average Bonchev–Trinajstić information content (AvgIpc) is 3.45. The molecule has 5 nitrogen and oxygen atoms in total. The van der Waals surface area contributed by atoms with Gasteiger partial charge in [-0.2, -0.15) is 0 Å². The summed E-state index contributed by atoms with van der Waals surface area (Å²) in [6.07, 6.45) is 3.08. The average molecular weight is 424 g/mol. The summed E-state index contributed by atoms with van der Waals surface area (Å²) >= 11 is 0. The van der Waals surface area contributed by atoms with Gasteiger partial charge in [0.15, 0.2) is 5.78 Å². The maximum atomic E-state index is 13.1. The van der Waals surface area contributed by atoms with E-state index in [2.05, 4.69) is 41.3 Å². The van der Waals surface area contributed by atoms with E-state index in [1.165, 1.54) is 30.0 Å². The molecule has 0 bridgehead atoms. The van der Waals surface area contributed by atoms with Crippen LogP contribution in [0.1, 0.15) is 36.0 Å². The van der Waals surface area contributed by atoms with Gasteiger partial charge >= 0.3 is 0 Å². The SMILES string of the molecule is CN(C)C1CCN(c2ccc(NC(=O)C3CCC(C(=O)c4ccc(F)cc4)C3)cc2)C1. The Morgan fingerprint density at radius 1 is 0.968 bits per heavy atom. The highest BCUT2D eigenvalue weighted by molar-refractivity contribution is 5.99.